The van der Waals surface area contributed by atoms with Crippen molar-refractivity contribution in [2.45, 2.75) is 26.2 Å². The van der Waals surface area contributed by atoms with E-state index in [4.69, 9.17) is 0 Å². The summed E-state index contributed by atoms with van der Waals surface area (Å²) < 4.78 is 0. The van der Waals surface area contributed by atoms with Gasteiger partial charge in [-0.25, -0.2) is 0 Å². The van der Waals surface area contributed by atoms with Crippen molar-refractivity contribution in [3.63, 3.8) is 0 Å². The summed E-state index contributed by atoms with van der Waals surface area (Å²) in [7, 11) is -5.66. The lowest BCUT2D eigenvalue weighted by Crippen LogP contribution is -2.80. The van der Waals surface area contributed by atoms with E-state index >= 15 is 0 Å². The van der Waals surface area contributed by atoms with Gasteiger partial charge >= 0.3 is 6.85 Å². The van der Waals surface area contributed by atoms with Crippen molar-refractivity contribution < 1.29 is 0 Å². The summed E-state index contributed by atoms with van der Waals surface area (Å²) >= 11 is 0. The number of rotatable bonds is 2. The first-order chi connectivity index (χ1) is 30.9. The molecule has 0 atom stereocenters. The predicted molar refractivity (Wildman–Crippen MR) is 272 cm³/mol. The second kappa shape index (κ2) is 12.4. The van der Waals surface area contributed by atoms with Gasteiger partial charge in [-0.1, -0.05) is 209 Å². The maximum Gasteiger partial charge on any atom is 0.333 e. The monoisotopic (exact) mass is 834 g/mol. The van der Waals surface area contributed by atoms with E-state index in [9.17, 15) is 0 Å². The van der Waals surface area contributed by atoms with E-state index < -0.39 is 16.1 Å². The molecule has 14 rings (SSSR count). The van der Waals surface area contributed by atoms with Gasteiger partial charge in [0, 0.05) is 34.0 Å². The Morgan fingerprint density at radius 2 is 0.873 bits per heavy atom. The molecule has 0 amide bonds. The molecule has 2 nitrogen and oxygen atoms in total. The molecule has 296 valence electrons. The Morgan fingerprint density at radius 1 is 0.381 bits per heavy atom. The third-order valence-electron chi connectivity index (χ3n) is 15.2. The molecule has 5 aliphatic heterocycles. The molecule has 0 aromatic heterocycles. The van der Waals surface area contributed by atoms with Crippen LogP contribution in [0, 0.1) is 0 Å². The highest BCUT2D eigenvalue weighted by atomic mass is 28.3. The summed E-state index contributed by atoms with van der Waals surface area (Å²) in [6, 6.07) is 80.4. The highest BCUT2D eigenvalue weighted by Gasteiger charge is 2.59. The number of anilines is 5. The van der Waals surface area contributed by atoms with Gasteiger partial charge in [-0.3, -0.25) is 0 Å². The minimum absolute atomic E-state index is 0.0493. The Labute approximate surface area is 371 Å². The smallest absolute Gasteiger partial charge is 0.333 e. The average Bonchev–Trinajstić information content (AvgIpc) is 3.62. The van der Waals surface area contributed by atoms with Crippen molar-refractivity contribution in [2.24, 2.45) is 0 Å². The fraction of sp³-hybridized carbons (Fsp3) is 0.0690. The second-order valence-electron chi connectivity index (χ2n) is 19.1. The molecule has 0 saturated heterocycles. The molecule has 5 heterocycles. The van der Waals surface area contributed by atoms with E-state index in [1.54, 1.807) is 0 Å². The third kappa shape index (κ3) is 4.25. The molecule has 5 heteroatoms. The number of nitrogens with zero attached hydrogens (tertiary/aromatic N) is 2. The minimum Gasteiger partial charge on any atom is -0.376 e. The number of benzene rings is 9. The van der Waals surface area contributed by atoms with Crippen LogP contribution in [0.25, 0.3) is 22.3 Å². The largest absolute Gasteiger partial charge is 0.376 e. The summed E-state index contributed by atoms with van der Waals surface area (Å²) in [5, 5.41) is 11.7. The molecule has 63 heavy (non-hydrogen) atoms. The SMILES string of the molecule is CC(C)(C)c1cc2c3c(c1)N1c4ccccc4[Si]4(c5ccccc5-c5ccccc54)c4cccc(c41)B3N1c3ccccc3[Si](c3ccccc3)(c3ccccc3)c3cccc-2c31. The lowest BCUT2D eigenvalue weighted by Gasteiger charge is -2.54. The Hall–Kier alpha value is -6.92. The minimum atomic E-state index is -2.85. The van der Waals surface area contributed by atoms with Crippen LogP contribution in [0.5, 0.6) is 0 Å². The summed E-state index contributed by atoms with van der Waals surface area (Å²) in [6.45, 7) is 7.10. The van der Waals surface area contributed by atoms with Crippen LogP contribution < -0.4 is 62.1 Å². The van der Waals surface area contributed by atoms with Gasteiger partial charge in [-0.05, 0) is 98.3 Å². The molecule has 0 bridgehead atoms. The lowest BCUT2D eigenvalue weighted by molar-refractivity contribution is 0.590. The molecule has 1 spiro atoms. The highest BCUT2D eigenvalue weighted by molar-refractivity contribution is 7.24. The Balaban J connectivity index is 1.16. The first-order valence-electron chi connectivity index (χ1n) is 22.5. The summed E-state index contributed by atoms with van der Waals surface area (Å²) in [6.07, 6.45) is 0. The van der Waals surface area contributed by atoms with Crippen molar-refractivity contribution in [3.8, 4) is 22.3 Å². The first kappa shape index (κ1) is 35.7. The van der Waals surface area contributed by atoms with Crippen LogP contribution in [-0.4, -0.2) is 23.0 Å². The van der Waals surface area contributed by atoms with Crippen LogP contribution in [0.3, 0.4) is 0 Å². The van der Waals surface area contributed by atoms with Gasteiger partial charge in [-0.2, -0.15) is 0 Å². The molecule has 5 aliphatic rings. The number of hydrogen-bond donors (Lipinski definition) is 0. The average molecular weight is 835 g/mol. The maximum absolute atomic E-state index is 2.85. The van der Waals surface area contributed by atoms with Crippen LogP contribution in [0.4, 0.5) is 28.4 Å². The Morgan fingerprint density at radius 3 is 1.51 bits per heavy atom. The standard InChI is InChI=1S/C58H43BN2Si2/c1-58(2,3)38-36-44-43-26-18-34-53-56(43)61(47-29-13-17-33-52(47)62(53,39-20-6-4-7-21-39)40-22-8-5-9-23-40)59-45-27-19-35-54-57(45)60(48(37-38)55(44)59)46-28-12-16-32-51(46)63(54)49-30-14-10-24-41(49)42-25-11-15-31-50(42)63/h4-37H,1-3H3. The van der Waals surface area contributed by atoms with Gasteiger partial charge in [0.25, 0.3) is 0 Å². The number of fused-ring (bicyclic) bond motifs is 15. The van der Waals surface area contributed by atoms with Gasteiger partial charge in [0.15, 0.2) is 16.1 Å². The predicted octanol–water partition coefficient (Wildman–Crippen LogP) is 7.05. The van der Waals surface area contributed by atoms with Gasteiger partial charge in [0.05, 0.1) is 0 Å². The van der Waals surface area contributed by atoms with Crippen LogP contribution in [0.2, 0.25) is 0 Å². The fourth-order valence-corrected chi connectivity index (χ4v) is 23.6. The Bertz CT molecular complexity index is 3340. The quantitative estimate of drug-likeness (QED) is 0.173. The molecule has 0 fully saturated rings. The maximum atomic E-state index is 2.80. The third-order valence-corrected chi connectivity index (χ3v) is 25.0. The van der Waals surface area contributed by atoms with Crippen LogP contribution >= 0.6 is 0 Å². The van der Waals surface area contributed by atoms with E-state index in [-0.39, 0.29) is 12.3 Å². The Kier molecular flexibility index (Phi) is 7.00. The fourth-order valence-electron chi connectivity index (χ4n) is 12.9. The molecule has 0 N–H and O–H groups in total. The van der Waals surface area contributed by atoms with Crippen LogP contribution in [-0.2, 0) is 5.41 Å². The molecule has 0 aliphatic carbocycles. The van der Waals surface area contributed by atoms with E-state index in [1.165, 1.54) is 109 Å². The van der Waals surface area contributed by atoms with Gasteiger partial charge in [0.1, 0.15) is 0 Å². The van der Waals surface area contributed by atoms with E-state index in [0.717, 1.165) is 0 Å². The van der Waals surface area contributed by atoms with Crippen molar-refractivity contribution in [1.29, 1.82) is 0 Å². The van der Waals surface area contributed by atoms with Crippen molar-refractivity contribution in [2.75, 3.05) is 9.71 Å². The van der Waals surface area contributed by atoms with Gasteiger partial charge in [-0.15, -0.1) is 0 Å². The second-order valence-corrected chi connectivity index (χ2v) is 26.5. The normalized spacial score (nSPS) is 15.7. The van der Waals surface area contributed by atoms with Gasteiger partial charge < -0.3 is 9.71 Å². The zero-order valence-electron chi connectivity index (χ0n) is 35.6. The summed E-state index contributed by atoms with van der Waals surface area (Å²) in [5.41, 5.74) is 16.2. The van der Waals surface area contributed by atoms with E-state index in [2.05, 4.69) is 237 Å². The van der Waals surface area contributed by atoms with Crippen molar-refractivity contribution in [1.82, 2.24) is 0 Å². The van der Waals surface area contributed by atoms with Crippen LogP contribution in [0.1, 0.15) is 26.3 Å². The summed E-state index contributed by atoms with van der Waals surface area (Å²) in [4.78, 5) is 5.52. The molecular formula is C58H43BN2Si2. The van der Waals surface area contributed by atoms with Gasteiger partial charge in [0.2, 0.25) is 0 Å². The molecule has 9 aromatic carbocycles. The zero-order chi connectivity index (χ0) is 41.8. The van der Waals surface area contributed by atoms with Crippen LogP contribution in [0.15, 0.2) is 206 Å². The topological polar surface area (TPSA) is 6.48 Å². The lowest BCUT2D eigenvalue weighted by atomic mass is 9.43. The molecule has 0 radical (unpaired) electrons. The van der Waals surface area contributed by atoms with Crippen molar-refractivity contribution in [3.05, 3.63) is 212 Å². The van der Waals surface area contributed by atoms with E-state index in [0.29, 0.717) is 0 Å². The highest BCUT2D eigenvalue weighted by Crippen LogP contribution is 2.50. The zero-order valence-corrected chi connectivity index (χ0v) is 37.6. The first-order valence-corrected chi connectivity index (χ1v) is 26.5. The molecule has 0 saturated carbocycles. The van der Waals surface area contributed by atoms with E-state index in [1.807, 2.05) is 0 Å². The molecule has 9 aromatic rings. The number of para-hydroxylation sites is 4. The molecule has 0 unspecified atom stereocenters. The summed E-state index contributed by atoms with van der Waals surface area (Å²) in [5.74, 6) is 0. The van der Waals surface area contributed by atoms with Crippen molar-refractivity contribution >= 4 is 104 Å². The number of hydrogen-bond acceptors (Lipinski definition) is 2. The molecular weight excluding hydrogens is 792 g/mol.